The van der Waals surface area contributed by atoms with Crippen LogP contribution in [0.3, 0.4) is 0 Å². The van der Waals surface area contributed by atoms with Gasteiger partial charge in [-0.15, -0.1) is 0 Å². The van der Waals surface area contributed by atoms with Gasteiger partial charge in [-0.25, -0.2) is 0 Å². The van der Waals surface area contributed by atoms with Crippen molar-refractivity contribution in [1.29, 1.82) is 0 Å². The molecule has 1 amide bonds. The number of aryl methyl sites for hydroxylation is 1. The first-order valence-corrected chi connectivity index (χ1v) is 7.39. The molecule has 1 aliphatic heterocycles. The van der Waals surface area contributed by atoms with Crippen LogP contribution in [0.1, 0.15) is 41.6 Å². The monoisotopic (exact) mass is 276 g/mol. The van der Waals surface area contributed by atoms with E-state index in [0.29, 0.717) is 18.2 Å². The third kappa shape index (κ3) is 3.97. The molecule has 2 N–H and O–H groups in total. The first-order valence-electron chi connectivity index (χ1n) is 7.39. The van der Waals surface area contributed by atoms with Crippen LogP contribution in [0.2, 0.25) is 0 Å². The van der Waals surface area contributed by atoms with Gasteiger partial charge in [-0.05, 0) is 44.7 Å². The number of rotatable bonds is 5. The Balaban J connectivity index is 1.86. The van der Waals surface area contributed by atoms with Gasteiger partial charge in [-0.1, -0.05) is 11.6 Å². The standard InChI is InChI=1S/C16H24N2O2/c1-12-6-7-15(17-2)14(11-12)16(19)18-9-8-13-5-3-4-10-20-13/h6-7,11,13,17H,3-5,8-10H2,1-2H3,(H,18,19). The lowest BCUT2D eigenvalue weighted by Gasteiger charge is -2.22. The largest absolute Gasteiger partial charge is 0.387 e. The van der Waals surface area contributed by atoms with Crippen LogP contribution in [-0.4, -0.2) is 32.2 Å². The molecule has 1 fully saturated rings. The van der Waals surface area contributed by atoms with Crippen molar-refractivity contribution in [3.05, 3.63) is 29.3 Å². The molecule has 1 heterocycles. The Morgan fingerprint density at radius 3 is 2.95 bits per heavy atom. The van der Waals surface area contributed by atoms with E-state index in [1.807, 2.05) is 32.2 Å². The van der Waals surface area contributed by atoms with Gasteiger partial charge in [-0.2, -0.15) is 0 Å². The molecular weight excluding hydrogens is 252 g/mol. The van der Waals surface area contributed by atoms with Crippen LogP contribution in [0.25, 0.3) is 0 Å². The number of anilines is 1. The summed E-state index contributed by atoms with van der Waals surface area (Å²) in [6.45, 7) is 3.52. The Morgan fingerprint density at radius 1 is 1.40 bits per heavy atom. The summed E-state index contributed by atoms with van der Waals surface area (Å²) in [4.78, 5) is 12.2. The van der Waals surface area contributed by atoms with Crippen molar-refractivity contribution in [2.45, 2.75) is 38.7 Å². The van der Waals surface area contributed by atoms with Gasteiger partial charge in [0.15, 0.2) is 0 Å². The van der Waals surface area contributed by atoms with Crippen molar-refractivity contribution in [2.75, 3.05) is 25.5 Å². The third-order valence-electron chi connectivity index (χ3n) is 3.71. The maximum absolute atomic E-state index is 12.2. The van der Waals surface area contributed by atoms with Crippen molar-refractivity contribution in [3.8, 4) is 0 Å². The summed E-state index contributed by atoms with van der Waals surface area (Å²) >= 11 is 0. The van der Waals surface area contributed by atoms with E-state index in [4.69, 9.17) is 4.74 Å². The summed E-state index contributed by atoms with van der Waals surface area (Å²) in [6.07, 6.45) is 4.72. The highest BCUT2D eigenvalue weighted by molar-refractivity contribution is 5.99. The second kappa shape index (κ2) is 7.29. The van der Waals surface area contributed by atoms with E-state index in [1.54, 1.807) is 0 Å². The summed E-state index contributed by atoms with van der Waals surface area (Å²) in [5.41, 5.74) is 2.66. The number of carbonyl (C=O) groups excluding carboxylic acids is 1. The van der Waals surface area contributed by atoms with E-state index in [-0.39, 0.29) is 5.91 Å². The summed E-state index contributed by atoms with van der Waals surface area (Å²) in [7, 11) is 1.83. The van der Waals surface area contributed by atoms with E-state index in [9.17, 15) is 4.79 Å². The molecule has 4 nitrogen and oxygen atoms in total. The number of carbonyl (C=O) groups is 1. The van der Waals surface area contributed by atoms with Crippen LogP contribution in [0.4, 0.5) is 5.69 Å². The molecule has 0 saturated carbocycles. The summed E-state index contributed by atoms with van der Waals surface area (Å²) in [5.74, 6) is -0.0196. The molecule has 1 aliphatic rings. The third-order valence-corrected chi connectivity index (χ3v) is 3.71. The number of hydrogen-bond donors (Lipinski definition) is 2. The number of hydrogen-bond acceptors (Lipinski definition) is 3. The Hall–Kier alpha value is -1.55. The van der Waals surface area contributed by atoms with Gasteiger partial charge in [0.25, 0.3) is 5.91 Å². The molecular formula is C16H24N2O2. The van der Waals surface area contributed by atoms with E-state index >= 15 is 0 Å². The molecule has 2 rings (SSSR count). The molecule has 0 aromatic heterocycles. The smallest absolute Gasteiger partial charge is 0.253 e. The van der Waals surface area contributed by atoms with E-state index in [1.165, 1.54) is 6.42 Å². The van der Waals surface area contributed by atoms with Gasteiger partial charge in [0.2, 0.25) is 0 Å². The molecule has 1 aromatic rings. The van der Waals surface area contributed by atoms with E-state index in [0.717, 1.165) is 37.1 Å². The van der Waals surface area contributed by atoms with Gasteiger partial charge in [-0.3, -0.25) is 4.79 Å². The lowest BCUT2D eigenvalue weighted by molar-refractivity contribution is 0.0117. The van der Waals surface area contributed by atoms with Gasteiger partial charge < -0.3 is 15.4 Å². The molecule has 0 radical (unpaired) electrons. The van der Waals surface area contributed by atoms with Crippen molar-refractivity contribution in [2.24, 2.45) is 0 Å². The van der Waals surface area contributed by atoms with Crippen LogP contribution < -0.4 is 10.6 Å². The molecule has 0 spiro atoms. The fraction of sp³-hybridized carbons (Fsp3) is 0.562. The van der Waals surface area contributed by atoms with Gasteiger partial charge in [0, 0.05) is 25.9 Å². The van der Waals surface area contributed by atoms with Crippen LogP contribution in [0.15, 0.2) is 18.2 Å². The highest BCUT2D eigenvalue weighted by Crippen LogP contribution is 2.17. The lowest BCUT2D eigenvalue weighted by atomic mass is 10.1. The van der Waals surface area contributed by atoms with Crippen molar-refractivity contribution in [3.63, 3.8) is 0 Å². The van der Waals surface area contributed by atoms with E-state index < -0.39 is 0 Å². The average Bonchev–Trinajstić information content (AvgIpc) is 2.48. The molecule has 0 bridgehead atoms. The second-order valence-corrected chi connectivity index (χ2v) is 5.33. The first-order chi connectivity index (χ1) is 9.70. The Morgan fingerprint density at radius 2 is 2.25 bits per heavy atom. The quantitative estimate of drug-likeness (QED) is 0.869. The number of ether oxygens (including phenoxy) is 1. The molecule has 0 aliphatic carbocycles. The Labute approximate surface area is 120 Å². The van der Waals surface area contributed by atoms with Gasteiger partial charge in [0.05, 0.1) is 11.7 Å². The highest BCUT2D eigenvalue weighted by Gasteiger charge is 2.15. The zero-order chi connectivity index (χ0) is 14.4. The summed E-state index contributed by atoms with van der Waals surface area (Å²) in [5, 5.41) is 6.05. The molecule has 4 heteroatoms. The molecule has 1 aromatic carbocycles. The summed E-state index contributed by atoms with van der Waals surface area (Å²) in [6, 6.07) is 5.85. The zero-order valence-corrected chi connectivity index (χ0v) is 12.4. The normalized spacial score (nSPS) is 18.6. The lowest BCUT2D eigenvalue weighted by Crippen LogP contribution is -2.29. The number of nitrogens with one attached hydrogen (secondary N) is 2. The zero-order valence-electron chi connectivity index (χ0n) is 12.4. The maximum atomic E-state index is 12.2. The van der Waals surface area contributed by atoms with Crippen LogP contribution in [-0.2, 0) is 4.74 Å². The second-order valence-electron chi connectivity index (χ2n) is 5.33. The highest BCUT2D eigenvalue weighted by atomic mass is 16.5. The van der Waals surface area contributed by atoms with Crippen LogP contribution in [0.5, 0.6) is 0 Å². The Bertz CT molecular complexity index is 454. The minimum absolute atomic E-state index is 0.0196. The predicted molar refractivity (Wildman–Crippen MR) is 81.3 cm³/mol. The van der Waals surface area contributed by atoms with Crippen molar-refractivity contribution < 1.29 is 9.53 Å². The topological polar surface area (TPSA) is 50.4 Å². The minimum atomic E-state index is -0.0196. The van der Waals surface area contributed by atoms with E-state index in [2.05, 4.69) is 10.6 Å². The first kappa shape index (κ1) is 14.9. The van der Waals surface area contributed by atoms with Gasteiger partial charge >= 0.3 is 0 Å². The molecule has 1 saturated heterocycles. The number of amides is 1. The predicted octanol–water partition coefficient (Wildman–Crippen LogP) is 2.73. The molecule has 20 heavy (non-hydrogen) atoms. The maximum Gasteiger partial charge on any atom is 0.253 e. The summed E-state index contributed by atoms with van der Waals surface area (Å²) < 4.78 is 5.67. The molecule has 1 unspecified atom stereocenters. The van der Waals surface area contributed by atoms with Crippen molar-refractivity contribution in [1.82, 2.24) is 5.32 Å². The van der Waals surface area contributed by atoms with Crippen LogP contribution in [0, 0.1) is 6.92 Å². The SMILES string of the molecule is CNc1ccc(C)cc1C(=O)NCCC1CCCCO1. The fourth-order valence-electron chi connectivity index (χ4n) is 2.54. The van der Waals surface area contributed by atoms with Gasteiger partial charge in [0.1, 0.15) is 0 Å². The average molecular weight is 276 g/mol. The number of benzene rings is 1. The molecule has 110 valence electrons. The Kier molecular flexibility index (Phi) is 5.41. The minimum Gasteiger partial charge on any atom is -0.387 e. The molecule has 1 atom stereocenters. The van der Waals surface area contributed by atoms with Crippen molar-refractivity contribution >= 4 is 11.6 Å². The van der Waals surface area contributed by atoms with Crippen LogP contribution >= 0.6 is 0 Å². The fourth-order valence-corrected chi connectivity index (χ4v) is 2.54.